The number of nitrogens with one attached hydrogen (secondary N) is 1. The predicted octanol–water partition coefficient (Wildman–Crippen LogP) is 2.12. The van der Waals surface area contributed by atoms with Crippen molar-refractivity contribution in [2.24, 2.45) is 0 Å². The number of nitrogens with zero attached hydrogens (tertiary/aromatic N) is 1. The van der Waals surface area contributed by atoms with E-state index in [1.54, 1.807) is 0 Å². The molecule has 84 valence electrons. The molecule has 1 rings (SSSR count). The van der Waals surface area contributed by atoms with Gasteiger partial charge in [0.15, 0.2) is 0 Å². The first-order valence-electron chi connectivity index (χ1n) is 5.49. The van der Waals surface area contributed by atoms with Crippen molar-refractivity contribution in [2.45, 2.75) is 40.0 Å². The normalized spacial score (nSPS) is 10.9. The van der Waals surface area contributed by atoms with Crippen molar-refractivity contribution >= 4 is 0 Å². The summed E-state index contributed by atoms with van der Waals surface area (Å²) in [4.78, 5) is 4.49. The van der Waals surface area contributed by atoms with Crippen molar-refractivity contribution < 1.29 is 4.74 Å². The van der Waals surface area contributed by atoms with Crippen LogP contribution < -0.4 is 5.32 Å². The summed E-state index contributed by atoms with van der Waals surface area (Å²) in [5, 5.41) is 3.25. The summed E-state index contributed by atoms with van der Waals surface area (Å²) in [5.41, 5.74) is 2.07. The SMILES string of the molecule is CCNCc1cccc(COC(C)C)n1. The Kier molecular flexibility index (Phi) is 5.29. The highest BCUT2D eigenvalue weighted by atomic mass is 16.5. The molecule has 3 heteroatoms. The van der Waals surface area contributed by atoms with Crippen molar-refractivity contribution in [3.05, 3.63) is 29.6 Å². The Balaban J connectivity index is 2.50. The maximum absolute atomic E-state index is 5.50. The summed E-state index contributed by atoms with van der Waals surface area (Å²) >= 11 is 0. The van der Waals surface area contributed by atoms with Crippen LogP contribution in [-0.2, 0) is 17.9 Å². The molecule has 15 heavy (non-hydrogen) atoms. The van der Waals surface area contributed by atoms with Crippen molar-refractivity contribution in [2.75, 3.05) is 6.54 Å². The van der Waals surface area contributed by atoms with Crippen LogP contribution in [0.15, 0.2) is 18.2 Å². The molecule has 1 aromatic rings. The van der Waals surface area contributed by atoms with Crippen molar-refractivity contribution in [1.29, 1.82) is 0 Å². The number of aromatic nitrogens is 1. The van der Waals surface area contributed by atoms with Gasteiger partial charge in [-0.2, -0.15) is 0 Å². The molecule has 1 aromatic heterocycles. The van der Waals surface area contributed by atoms with Gasteiger partial charge in [0, 0.05) is 6.54 Å². The summed E-state index contributed by atoms with van der Waals surface area (Å²) in [7, 11) is 0. The zero-order chi connectivity index (χ0) is 11.1. The molecule has 1 N–H and O–H groups in total. The van der Waals surface area contributed by atoms with Gasteiger partial charge in [0.25, 0.3) is 0 Å². The number of pyridine rings is 1. The highest BCUT2D eigenvalue weighted by molar-refractivity contribution is 5.10. The second-order valence-corrected chi connectivity index (χ2v) is 3.76. The second kappa shape index (κ2) is 6.53. The molecule has 0 unspecified atom stereocenters. The number of ether oxygens (including phenoxy) is 1. The molecule has 0 radical (unpaired) electrons. The molecule has 0 aliphatic rings. The van der Waals surface area contributed by atoms with E-state index >= 15 is 0 Å². The van der Waals surface area contributed by atoms with E-state index < -0.39 is 0 Å². The van der Waals surface area contributed by atoms with Gasteiger partial charge in [-0.1, -0.05) is 13.0 Å². The van der Waals surface area contributed by atoms with Gasteiger partial charge in [0.1, 0.15) is 0 Å². The number of hydrogen-bond acceptors (Lipinski definition) is 3. The van der Waals surface area contributed by atoms with E-state index in [0.717, 1.165) is 24.5 Å². The summed E-state index contributed by atoms with van der Waals surface area (Å²) in [6, 6.07) is 6.05. The smallest absolute Gasteiger partial charge is 0.0891 e. The van der Waals surface area contributed by atoms with E-state index in [0.29, 0.717) is 6.61 Å². The molecule has 1 heterocycles. The van der Waals surface area contributed by atoms with Crippen LogP contribution in [0.5, 0.6) is 0 Å². The Bertz CT molecular complexity index is 287. The molecular formula is C12H20N2O. The van der Waals surface area contributed by atoms with Gasteiger partial charge < -0.3 is 10.1 Å². The molecule has 0 aromatic carbocycles. The van der Waals surface area contributed by atoms with Gasteiger partial charge in [0.05, 0.1) is 24.1 Å². The van der Waals surface area contributed by atoms with Crippen LogP contribution in [0.4, 0.5) is 0 Å². The molecule has 3 nitrogen and oxygen atoms in total. The van der Waals surface area contributed by atoms with E-state index in [9.17, 15) is 0 Å². The van der Waals surface area contributed by atoms with Crippen LogP contribution in [-0.4, -0.2) is 17.6 Å². The standard InChI is InChI=1S/C12H20N2O/c1-4-13-8-11-6-5-7-12(14-11)9-15-10(2)3/h5-7,10,13H,4,8-9H2,1-3H3. The monoisotopic (exact) mass is 208 g/mol. The second-order valence-electron chi connectivity index (χ2n) is 3.76. The minimum atomic E-state index is 0.254. The van der Waals surface area contributed by atoms with Crippen LogP contribution in [0.2, 0.25) is 0 Å². The van der Waals surface area contributed by atoms with Gasteiger partial charge >= 0.3 is 0 Å². The Morgan fingerprint density at radius 1 is 1.33 bits per heavy atom. The topological polar surface area (TPSA) is 34.1 Å². The fraction of sp³-hybridized carbons (Fsp3) is 0.583. The molecule has 0 saturated heterocycles. The first-order valence-corrected chi connectivity index (χ1v) is 5.49. The molecular weight excluding hydrogens is 188 g/mol. The van der Waals surface area contributed by atoms with Crippen LogP contribution in [0.1, 0.15) is 32.2 Å². The summed E-state index contributed by atoms with van der Waals surface area (Å²) in [5.74, 6) is 0. The van der Waals surface area contributed by atoms with Gasteiger partial charge in [-0.15, -0.1) is 0 Å². The lowest BCUT2D eigenvalue weighted by Gasteiger charge is -2.08. The minimum absolute atomic E-state index is 0.254. The quantitative estimate of drug-likeness (QED) is 0.777. The van der Waals surface area contributed by atoms with Gasteiger partial charge in [-0.3, -0.25) is 4.98 Å². The van der Waals surface area contributed by atoms with Crippen molar-refractivity contribution in [3.8, 4) is 0 Å². The van der Waals surface area contributed by atoms with E-state index in [1.807, 2.05) is 32.0 Å². The Morgan fingerprint density at radius 3 is 2.73 bits per heavy atom. The fourth-order valence-corrected chi connectivity index (χ4v) is 1.21. The van der Waals surface area contributed by atoms with E-state index in [4.69, 9.17) is 4.74 Å². The molecule has 0 aliphatic heterocycles. The number of rotatable bonds is 6. The average Bonchev–Trinajstić information content (AvgIpc) is 2.24. The number of hydrogen-bond donors (Lipinski definition) is 1. The molecule has 0 atom stereocenters. The Hall–Kier alpha value is -0.930. The summed E-state index contributed by atoms with van der Waals surface area (Å²) in [6.45, 7) is 8.54. The predicted molar refractivity (Wildman–Crippen MR) is 61.5 cm³/mol. The molecule has 0 amide bonds. The third-order valence-corrected chi connectivity index (χ3v) is 1.99. The van der Waals surface area contributed by atoms with E-state index in [2.05, 4.69) is 17.2 Å². The highest BCUT2D eigenvalue weighted by Crippen LogP contribution is 2.02. The van der Waals surface area contributed by atoms with Crippen LogP contribution in [0.25, 0.3) is 0 Å². The summed E-state index contributed by atoms with van der Waals surface area (Å²) in [6.07, 6.45) is 0.254. The summed E-state index contributed by atoms with van der Waals surface area (Å²) < 4.78 is 5.50. The lowest BCUT2D eigenvalue weighted by atomic mass is 10.3. The van der Waals surface area contributed by atoms with Crippen LogP contribution >= 0.6 is 0 Å². The third kappa shape index (κ3) is 4.91. The Labute approximate surface area is 91.9 Å². The maximum Gasteiger partial charge on any atom is 0.0891 e. The van der Waals surface area contributed by atoms with Crippen molar-refractivity contribution in [3.63, 3.8) is 0 Å². The first kappa shape index (κ1) is 12.1. The van der Waals surface area contributed by atoms with Crippen LogP contribution in [0, 0.1) is 0 Å². The van der Waals surface area contributed by atoms with Crippen molar-refractivity contribution in [1.82, 2.24) is 10.3 Å². The van der Waals surface area contributed by atoms with Gasteiger partial charge in [-0.05, 0) is 32.5 Å². The van der Waals surface area contributed by atoms with Gasteiger partial charge in [0.2, 0.25) is 0 Å². The average molecular weight is 208 g/mol. The maximum atomic E-state index is 5.50. The molecule has 0 fully saturated rings. The lowest BCUT2D eigenvalue weighted by Crippen LogP contribution is -2.13. The third-order valence-electron chi connectivity index (χ3n) is 1.99. The highest BCUT2D eigenvalue weighted by Gasteiger charge is 1.99. The molecule has 0 aliphatic carbocycles. The minimum Gasteiger partial charge on any atom is -0.373 e. The van der Waals surface area contributed by atoms with E-state index in [-0.39, 0.29) is 6.10 Å². The fourth-order valence-electron chi connectivity index (χ4n) is 1.21. The Morgan fingerprint density at radius 2 is 2.07 bits per heavy atom. The molecule has 0 spiro atoms. The van der Waals surface area contributed by atoms with E-state index in [1.165, 1.54) is 0 Å². The zero-order valence-corrected chi connectivity index (χ0v) is 9.79. The van der Waals surface area contributed by atoms with Crippen LogP contribution in [0.3, 0.4) is 0 Å². The first-order chi connectivity index (χ1) is 7.22. The largest absolute Gasteiger partial charge is 0.373 e. The van der Waals surface area contributed by atoms with Gasteiger partial charge in [-0.25, -0.2) is 0 Å². The lowest BCUT2D eigenvalue weighted by molar-refractivity contribution is 0.0635. The molecule has 0 bridgehead atoms. The zero-order valence-electron chi connectivity index (χ0n) is 9.79. The molecule has 0 saturated carbocycles.